The predicted octanol–water partition coefficient (Wildman–Crippen LogP) is 2.47. The van der Waals surface area contributed by atoms with Crippen LogP contribution < -0.4 is 16.4 Å². The zero-order valence-electron chi connectivity index (χ0n) is 12.7. The average molecular weight is 265 g/mol. The molecular formula is C14H27N5. The fraction of sp³-hybridized carbons (Fsp3) is 0.714. The van der Waals surface area contributed by atoms with Gasteiger partial charge in [0.1, 0.15) is 18.0 Å². The maximum absolute atomic E-state index is 5.94. The summed E-state index contributed by atoms with van der Waals surface area (Å²) in [5.41, 5.74) is 6.00. The van der Waals surface area contributed by atoms with E-state index in [1.165, 1.54) is 0 Å². The third kappa shape index (κ3) is 7.62. The van der Waals surface area contributed by atoms with Gasteiger partial charge >= 0.3 is 0 Å². The van der Waals surface area contributed by atoms with Crippen LogP contribution in [0.4, 0.5) is 11.6 Å². The lowest BCUT2D eigenvalue weighted by Gasteiger charge is -2.20. The third-order valence-corrected chi connectivity index (χ3v) is 2.54. The van der Waals surface area contributed by atoms with Gasteiger partial charge < -0.3 is 16.4 Å². The molecule has 0 aliphatic rings. The maximum atomic E-state index is 5.94. The van der Waals surface area contributed by atoms with E-state index in [9.17, 15) is 0 Å². The molecule has 0 amide bonds. The highest BCUT2D eigenvalue weighted by molar-refractivity contribution is 5.46. The van der Waals surface area contributed by atoms with Crippen LogP contribution in [0.5, 0.6) is 0 Å². The Kier molecular flexibility index (Phi) is 5.11. The minimum Gasteiger partial charge on any atom is -0.370 e. The fourth-order valence-electron chi connectivity index (χ4n) is 1.42. The van der Waals surface area contributed by atoms with Gasteiger partial charge in [0.25, 0.3) is 0 Å². The van der Waals surface area contributed by atoms with Gasteiger partial charge in [-0.1, -0.05) is 20.8 Å². The standard InChI is InChI=1S/C14H27N5/c1-13(2,3)9-17-12-8-11(18-10-19-12)16-7-6-14(4,5)15/h8,10H,6-7,9,15H2,1-5H3,(H2,16,17,18,19). The topological polar surface area (TPSA) is 75.9 Å². The van der Waals surface area contributed by atoms with Crippen molar-refractivity contribution in [2.45, 2.75) is 46.6 Å². The van der Waals surface area contributed by atoms with Gasteiger partial charge in [-0.3, -0.25) is 0 Å². The van der Waals surface area contributed by atoms with Crippen molar-refractivity contribution in [2.24, 2.45) is 11.1 Å². The number of nitrogens with one attached hydrogen (secondary N) is 2. The van der Waals surface area contributed by atoms with E-state index in [0.717, 1.165) is 31.1 Å². The smallest absolute Gasteiger partial charge is 0.131 e. The van der Waals surface area contributed by atoms with Crippen LogP contribution in [0.1, 0.15) is 41.0 Å². The summed E-state index contributed by atoms with van der Waals surface area (Å²) in [7, 11) is 0. The molecule has 4 N–H and O–H groups in total. The number of aromatic nitrogens is 2. The van der Waals surface area contributed by atoms with Crippen molar-refractivity contribution in [3.05, 3.63) is 12.4 Å². The molecule has 5 nitrogen and oxygen atoms in total. The lowest BCUT2D eigenvalue weighted by molar-refractivity contribution is 0.442. The molecule has 0 saturated heterocycles. The largest absolute Gasteiger partial charge is 0.370 e. The highest BCUT2D eigenvalue weighted by Gasteiger charge is 2.11. The molecule has 0 radical (unpaired) electrons. The van der Waals surface area contributed by atoms with E-state index < -0.39 is 0 Å². The Bertz CT molecular complexity index is 390. The molecule has 0 bridgehead atoms. The van der Waals surface area contributed by atoms with Gasteiger partial charge in [0, 0.05) is 24.7 Å². The van der Waals surface area contributed by atoms with Crippen molar-refractivity contribution < 1.29 is 0 Å². The number of nitrogens with two attached hydrogens (primary N) is 1. The molecule has 1 heterocycles. The minimum absolute atomic E-state index is 0.159. The number of rotatable bonds is 6. The lowest BCUT2D eigenvalue weighted by Crippen LogP contribution is -2.34. The number of nitrogens with zero attached hydrogens (tertiary/aromatic N) is 2. The van der Waals surface area contributed by atoms with Gasteiger partial charge in [-0.05, 0) is 25.7 Å². The summed E-state index contributed by atoms with van der Waals surface area (Å²) < 4.78 is 0. The molecule has 0 aromatic carbocycles. The molecule has 108 valence electrons. The molecule has 0 spiro atoms. The second-order valence-corrected chi connectivity index (χ2v) is 6.87. The Hall–Kier alpha value is -1.36. The Morgan fingerprint density at radius 3 is 2.16 bits per heavy atom. The van der Waals surface area contributed by atoms with Crippen LogP contribution in [0.3, 0.4) is 0 Å². The Morgan fingerprint density at radius 2 is 1.63 bits per heavy atom. The van der Waals surface area contributed by atoms with Crippen molar-refractivity contribution in [1.29, 1.82) is 0 Å². The van der Waals surface area contributed by atoms with Crippen LogP contribution in [-0.4, -0.2) is 28.6 Å². The third-order valence-electron chi connectivity index (χ3n) is 2.54. The molecule has 0 fully saturated rings. The Labute approximate surface area is 116 Å². The normalized spacial score (nSPS) is 12.3. The first-order chi connectivity index (χ1) is 8.66. The number of hydrogen-bond donors (Lipinski definition) is 3. The summed E-state index contributed by atoms with van der Waals surface area (Å²) in [6.07, 6.45) is 2.46. The average Bonchev–Trinajstić information content (AvgIpc) is 2.24. The number of anilines is 2. The van der Waals surface area contributed by atoms with Gasteiger partial charge in [-0.2, -0.15) is 0 Å². The summed E-state index contributed by atoms with van der Waals surface area (Å²) in [6, 6.07) is 1.93. The monoisotopic (exact) mass is 265 g/mol. The molecule has 0 aliphatic carbocycles. The van der Waals surface area contributed by atoms with E-state index in [-0.39, 0.29) is 11.0 Å². The highest BCUT2D eigenvalue weighted by Crippen LogP contribution is 2.15. The maximum Gasteiger partial charge on any atom is 0.131 e. The predicted molar refractivity (Wildman–Crippen MR) is 81.3 cm³/mol. The summed E-state index contributed by atoms with van der Waals surface area (Å²) in [5.74, 6) is 1.68. The summed E-state index contributed by atoms with van der Waals surface area (Å²) in [6.45, 7) is 12.3. The Balaban J connectivity index is 2.48. The molecular weight excluding hydrogens is 238 g/mol. The van der Waals surface area contributed by atoms with E-state index in [1.807, 2.05) is 19.9 Å². The van der Waals surface area contributed by atoms with Gasteiger partial charge in [-0.25, -0.2) is 9.97 Å². The first kappa shape index (κ1) is 15.7. The van der Waals surface area contributed by atoms with Gasteiger partial charge in [0.2, 0.25) is 0 Å². The second-order valence-electron chi connectivity index (χ2n) is 6.87. The van der Waals surface area contributed by atoms with Crippen molar-refractivity contribution in [3.8, 4) is 0 Å². The minimum atomic E-state index is -0.159. The fourth-order valence-corrected chi connectivity index (χ4v) is 1.42. The van der Waals surface area contributed by atoms with Crippen LogP contribution in [-0.2, 0) is 0 Å². The van der Waals surface area contributed by atoms with Gasteiger partial charge in [0.05, 0.1) is 0 Å². The molecule has 0 atom stereocenters. The lowest BCUT2D eigenvalue weighted by atomic mass is 9.97. The van der Waals surface area contributed by atoms with Gasteiger partial charge in [0.15, 0.2) is 0 Å². The summed E-state index contributed by atoms with van der Waals surface area (Å²) in [5, 5.41) is 6.58. The molecule has 0 aliphatic heterocycles. The highest BCUT2D eigenvalue weighted by atomic mass is 15.1. The first-order valence-electron chi connectivity index (χ1n) is 6.74. The van der Waals surface area contributed by atoms with Crippen LogP contribution in [0.15, 0.2) is 12.4 Å². The number of hydrogen-bond acceptors (Lipinski definition) is 5. The van der Waals surface area contributed by atoms with E-state index in [1.54, 1.807) is 6.33 Å². The summed E-state index contributed by atoms with van der Waals surface area (Å²) in [4.78, 5) is 8.41. The second kappa shape index (κ2) is 6.19. The Morgan fingerprint density at radius 1 is 1.05 bits per heavy atom. The molecule has 1 aromatic heterocycles. The van der Waals surface area contributed by atoms with Crippen LogP contribution in [0.25, 0.3) is 0 Å². The SMILES string of the molecule is CC(C)(C)CNc1cc(NCCC(C)(C)N)ncn1. The van der Waals surface area contributed by atoms with Crippen LogP contribution in [0.2, 0.25) is 0 Å². The van der Waals surface area contributed by atoms with E-state index in [2.05, 4.69) is 41.4 Å². The molecule has 5 heteroatoms. The quantitative estimate of drug-likeness (QED) is 0.736. The molecule has 19 heavy (non-hydrogen) atoms. The van der Waals surface area contributed by atoms with Crippen molar-refractivity contribution in [3.63, 3.8) is 0 Å². The van der Waals surface area contributed by atoms with Crippen LogP contribution in [0, 0.1) is 5.41 Å². The van der Waals surface area contributed by atoms with Crippen molar-refractivity contribution in [1.82, 2.24) is 9.97 Å². The van der Waals surface area contributed by atoms with Crippen molar-refractivity contribution in [2.75, 3.05) is 23.7 Å². The molecule has 1 rings (SSSR count). The van der Waals surface area contributed by atoms with Crippen LogP contribution >= 0.6 is 0 Å². The van der Waals surface area contributed by atoms with E-state index in [0.29, 0.717) is 0 Å². The van der Waals surface area contributed by atoms with E-state index >= 15 is 0 Å². The molecule has 0 unspecified atom stereocenters. The first-order valence-corrected chi connectivity index (χ1v) is 6.74. The van der Waals surface area contributed by atoms with E-state index in [4.69, 9.17) is 5.73 Å². The molecule has 0 saturated carbocycles. The molecule has 1 aromatic rings. The zero-order valence-corrected chi connectivity index (χ0v) is 12.7. The van der Waals surface area contributed by atoms with Crippen molar-refractivity contribution >= 4 is 11.6 Å². The zero-order chi connectivity index (χ0) is 14.5. The van der Waals surface area contributed by atoms with Gasteiger partial charge in [-0.15, -0.1) is 0 Å². The summed E-state index contributed by atoms with van der Waals surface area (Å²) >= 11 is 0.